The van der Waals surface area contributed by atoms with Gasteiger partial charge in [0.25, 0.3) is 0 Å². The highest BCUT2D eigenvalue weighted by atomic mass is 16.7. The van der Waals surface area contributed by atoms with Gasteiger partial charge in [0.05, 0.1) is 6.26 Å². The fourth-order valence-electron chi connectivity index (χ4n) is 2.63. The second-order valence-corrected chi connectivity index (χ2v) is 6.14. The van der Waals surface area contributed by atoms with Crippen LogP contribution in [0.3, 0.4) is 0 Å². The van der Waals surface area contributed by atoms with E-state index in [0.29, 0.717) is 0 Å². The summed E-state index contributed by atoms with van der Waals surface area (Å²) < 4.78 is 4.30. The van der Waals surface area contributed by atoms with E-state index in [4.69, 9.17) is 5.11 Å². The number of hydrogen-bond acceptors (Lipinski definition) is 2. The monoisotopic (exact) mass is 312 g/mol. The fraction of sp³-hybridized carbons (Fsp3) is 0.842. The first-order valence-electron chi connectivity index (χ1n) is 9.32. The van der Waals surface area contributed by atoms with Gasteiger partial charge in [-0.3, -0.25) is 0 Å². The third-order valence-corrected chi connectivity index (χ3v) is 3.99. The molecule has 0 atom stereocenters. The molecule has 130 valence electrons. The van der Waals surface area contributed by atoms with Crippen molar-refractivity contribution in [2.75, 3.05) is 0 Å². The fourth-order valence-corrected chi connectivity index (χ4v) is 2.63. The van der Waals surface area contributed by atoms with Crippen molar-refractivity contribution >= 4 is 6.16 Å². The number of carboxylic acid groups (broad SMARTS) is 1. The third kappa shape index (κ3) is 19.0. The summed E-state index contributed by atoms with van der Waals surface area (Å²) in [6.45, 7) is 2.27. The summed E-state index contributed by atoms with van der Waals surface area (Å²) in [7, 11) is 0. The quantitative estimate of drug-likeness (QED) is 0.188. The van der Waals surface area contributed by atoms with Crippen molar-refractivity contribution in [3.8, 4) is 0 Å². The van der Waals surface area contributed by atoms with Gasteiger partial charge in [0, 0.05) is 0 Å². The molecule has 1 N–H and O–H groups in total. The van der Waals surface area contributed by atoms with E-state index in [1.165, 1.54) is 89.7 Å². The number of hydrogen-bond donors (Lipinski definition) is 1. The summed E-state index contributed by atoms with van der Waals surface area (Å²) in [5.74, 6) is 0. The van der Waals surface area contributed by atoms with Gasteiger partial charge in [0.2, 0.25) is 0 Å². The van der Waals surface area contributed by atoms with Crippen LogP contribution in [0.5, 0.6) is 0 Å². The van der Waals surface area contributed by atoms with Crippen LogP contribution in [0.4, 0.5) is 4.79 Å². The molecule has 3 nitrogen and oxygen atoms in total. The minimum atomic E-state index is -1.24. The highest BCUT2D eigenvalue weighted by molar-refractivity contribution is 5.57. The van der Waals surface area contributed by atoms with E-state index < -0.39 is 6.16 Å². The Hall–Kier alpha value is -0.990. The average Bonchev–Trinajstić information content (AvgIpc) is 2.50. The predicted molar refractivity (Wildman–Crippen MR) is 93.2 cm³/mol. The predicted octanol–water partition coefficient (Wildman–Crippen LogP) is 7.07. The topological polar surface area (TPSA) is 46.5 Å². The van der Waals surface area contributed by atoms with Crippen molar-refractivity contribution < 1.29 is 14.6 Å². The Kier molecular flexibility index (Phi) is 17.2. The molecule has 0 aliphatic carbocycles. The Labute approximate surface area is 137 Å². The molecule has 0 aromatic carbocycles. The van der Waals surface area contributed by atoms with E-state index >= 15 is 0 Å². The molecule has 0 saturated heterocycles. The van der Waals surface area contributed by atoms with Crippen LogP contribution in [0.2, 0.25) is 0 Å². The maximum Gasteiger partial charge on any atom is 0.510 e. The molecule has 0 spiro atoms. The van der Waals surface area contributed by atoms with Crippen LogP contribution in [-0.2, 0) is 4.74 Å². The Bertz CT molecular complexity index is 261. The maximum absolute atomic E-state index is 10.1. The highest BCUT2D eigenvalue weighted by Crippen LogP contribution is 2.13. The van der Waals surface area contributed by atoms with Gasteiger partial charge >= 0.3 is 6.16 Å². The maximum atomic E-state index is 10.1. The summed E-state index contributed by atoms with van der Waals surface area (Å²) in [5.41, 5.74) is 0. The molecular weight excluding hydrogens is 276 g/mol. The molecule has 3 heteroatoms. The molecule has 0 bridgehead atoms. The van der Waals surface area contributed by atoms with Crippen LogP contribution < -0.4 is 0 Å². The van der Waals surface area contributed by atoms with E-state index in [0.717, 1.165) is 12.8 Å². The largest absolute Gasteiger partial charge is 0.510 e. The molecule has 0 fully saturated rings. The Morgan fingerprint density at radius 3 is 1.59 bits per heavy atom. The Morgan fingerprint density at radius 1 is 0.773 bits per heavy atom. The second-order valence-electron chi connectivity index (χ2n) is 6.14. The van der Waals surface area contributed by atoms with Gasteiger partial charge in [-0.05, 0) is 18.9 Å². The van der Waals surface area contributed by atoms with E-state index in [9.17, 15) is 4.79 Å². The summed E-state index contributed by atoms with van der Waals surface area (Å²) in [6.07, 6.45) is 21.7. The van der Waals surface area contributed by atoms with Crippen molar-refractivity contribution in [1.82, 2.24) is 0 Å². The minimum absolute atomic E-state index is 0.908. The van der Waals surface area contributed by atoms with Gasteiger partial charge in [-0.2, -0.15) is 0 Å². The van der Waals surface area contributed by atoms with Crippen LogP contribution in [0.15, 0.2) is 12.3 Å². The second kappa shape index (κ2) is 18.1. The summed E-state index contributed by atoms with van der Waals surface area (Å²) in [4.78, 5) is 10.1. The number of rotatable bonds is 16. The number of unbranched alkanes of at least 4 members (excludes halogenated alkanes) is 14. The van der Waals surface area contributed by atoms with Crippen LogP contribution in [0.25, 0.3) is 0 Å². The normalized spacial score (nSPS) is 11.1. The van der Waals surface area contributed by atoms with Gasteiger partial charge in [0.15, 0.2) is 0 Å². The molecule has 0 amide bonds. The zero-order chi connectivity index (χ0) is 16.3. The molecule has 0 aliphatic heterocycles. The van der Waals surface area contributed by atoms with Crippen LogP contribution in [-0.4, -0.2) is 11.3 Å². The van der Waals surface area contributed by atoms with E-state index in [2.05, 4.69) is 11.7 Å². The van der Waals surface area contributed by atoms with Crippen molar-refractivity contribution in [3.05, 3.63) is 12.3 Å². The number of allylic oxidation sites excluding steroid dienone is 1. The molecule has 0 heterocycles. The molecule has 0 aromatic rings. The lowest BCUT2D eigenvalue weighted by atomic mass is 10.0. The van der Waals surface area contributed by atoms with Gasteiger partial charge in [0.1, 0.15) is 0 Å². The standard InChI is InChI=1S/C19H36O3/c1-2-3-4-5-6-7-8-9-10-11-12-13-14-15-16-17-18-22-19(20)21/h17-18H,2-16H2,1H3,(H,20,21). The first kappa shape index (κ1) is 21.0. The third-order valence-electron chi connectivity index (χ3n) is 3.99. The first-order chi connectivity index (χ1) is 10.8. The van der Waals surface area contributed by atoms with Crippen LogP contribution in [0, 0.1) is 0 Å². The zero-order valence-electron chi connectivity index (χ0n) is 14.5. The van der Waals surface area contributed by atoms with Crippen LogP contribution >= 0.6 is 0 Å². The van der Waals surface area contributed by atoms with Crippen molar-refractivity contribution in [2.45, 2.75) is 103 Å². The van der Waals surface area contributed by atoms with Gasteiger partial charge in [-0.1, -0.05) is 90.4 Å². The lowest BCUT2D eigenvalue weighted by Crippen LogP contribution is -1.91. The minimum Gasteiger partial charge on any atom is -0.449 e. The highest BCUT2D eigenvalue weighted by Gasteiger charge is 1.94. The van der Waals surface area contributed by atoms with E-state index in [-0.39, 0.29) is 0 Å². The molecule has 0 aliphatic rings. The molecule has 0 saturated carbocycles. The average molecular weight is 312 g/mol. The number of carbonyl (C=O) groups is 1. The van der Waals surface area contributed by atoms with Crippen LogP contribution in [0.1, 0.15) is 103 Å². The molecule has 0 aromatic heterocycles. The lowest BCUT2D eigenvalue weighted by molar-refractivity contribution is 0.128. The van der Waals surface area contributed by atoms with Gasteiger partial charge < -0.3 is 9.84 Å². The molecule has 0 rings (SSSR count). The lowest BCUT2D eigenvalue weighted by Gasteiger charge is -2.02. The summed E-state index contributed by atoms with van der Waals surface area (Å²) in [6, 6.07) is 0. The SMILES string of the molecule is CCCCCCCCCCCCCCCCC=COC(=O)O. The van der Waals surface area contributed by atoms with Gasteiger partial charge in [-0.15, -0.1) is 0 Å². The Balaban J connectivity index is 3.02. The summed E-state index contributed by atoms with van der Waals surface area (Å²) >= 11 is 0. The molecular formula is C19H36O3. The van der Waals surface area contributed by atoms with Crippen molar-refractivity contribution in [2.24, 2.45) is 0 Å². The molecule has 22 heavy (non-hydrogen) atoms. The zero-order valence-corrected chi connectivity index (χ0v) is 14.5. The van der Waals surface area contributed by atoms with Crippen molar-refractivity contribution in [3.63, 3.8) is 0 Å². The summed E-state index contributed by atoms with van der Waals surface area (Å²) in [5, 5.41) is 8.27. The van der Waals surface area contributed by atoms with E-state index in [1.54, 1.807) is 6.08 Å². The van der Waals surface area contributed by atoms with E-state index in [1.807, 2.05) is 0 Å². The number of ether oxygens (including phenoxy) is 1. The first-order valence-corrected chi connectivity index (χ1v) is 9.32. The van der Waals surface area contributed by atoms with Gasteiger partial charge in [-0.25, -0.2) is 4.79 Å². The Morgan fingerprint density at radius 2 is 1.18 bits per heavy atom. The molecule has 0 unspecified atom stereocenters. The smallest absolute Gasteiger partial charge is 0.449 e. The molecule has 0 radical (unpaired) electrons. The van der Waals surface area contributed by atoms with Crippen molar-refractivity contribution in [1.29, 1.82) is 0 Å².